The third-order valence-electron chi connectivity index (χ3n) is 2.27. The predicted molar refractivity (Wildman–Crippen MR) is 61.9 cm³/mol. The molecule has 4 nitrogen and oxygen atoms in total. The highest BCUT2D eigenvalue weighted by molar-refractivity contribution is 5.83. The van der Waals surface area contributed by atoms with Crippen molar-refractivity contribution >= 4 is 5.84 Å². The Morgan fingerprint density at radius 2 is 2.13 bits per heavy atom. The van der Waals surface area contributed by atoms with E-state index in [2.05, 4.69) is 25.9 Å². The normalized spacial score (nSPS) is 11.5. The summed E-state index contributed by atoms with van der Waals surface area (Å²) in [7, 11) is 3.85. The van der Waals surface area contributed by atoms with Crippen molar-refractivity contribution in [2.45, 2.75) is 27.3 Å². The van der Waals surface area contributed by atoms with Gasteiger partial charge < -0.3 is 4.90 Å². The number of nitrogens with zero attached hydrogens (tertiary/aromatic N) is 3. The Labute approximate surface area is 91.4 Å². The summed E-state index contributed by atoms with van der Waals surface area (Å²) in [4.78, 5) is 1.96. The van der Waals surface area contributed by atoms with E-state index < -0.39 is 0 Å². The van der Waals surface area contributed by atoms with E-state index in [1.54, 1.807) is 4.68 Å². The molecule has 0 aliphatic carbocycles. The standard InChI is InChI=1S/C11H20N4/c1-11(2,3)10(12)14(4)7-9-6-13-15(5)8-9/h6,8,12H,7H2,1-5H3. The van der Waals surface area contributed by atoms with Crippen LogP contribution in [0.5, 0.6) is 0 Å². The van der Waals surface area contributed by atoms with Gasteiger partial charge >= 0.3 is 0 Å². The van der Waals surface area contributed by atoms with Gasteiger partial charge in [-0.25, -0.2) is 0 Å². The molecule has 84 valence electrons. The summed E-state index contributed by atoms with van der Waals surface area (Å²) in [6.45, 7) is 6.89. The lowest BCUT2D eigenvalue weighted by molar-refractivity contribution is 0.417. The molecule has 1 aromatic heterocycles. The number of hydrogen-bond donors (Lipinski definition) is 1. The van der Waals surface area contributed by atoms with Crippen LogP contribution >= 0.6 is 0 Å². The molecule has 1 heterocycles. The fraction of sp³-hybridized carbons (Fsp3) is 0.636. The smallest absolute Gasteiger partial charge is 0.101 e. The molecule has 0 atom stereocenters. The highest BCUT2D eigenvalue weighted by atomic mass is 15.2. The minimum absolute atomic E-state index is 0.100. The zero-order chi connectivity index (χ0) is 11.6. The topological polar surface area (TPSA) is 44.9 Å². The first-order valence-electron chi connectivity index (χ1n) is 5.08. The largest absolute Gasteiger partial charge is 0.359 e. The van der Waals surface area contributed by atoms with Crippen LogP contribution in [0.3, 0.4) is 0 Å². The molecule has 0 saturated carbocycles. The van der Waals surface area contributed by atoms with E-state index in [0.717, 1.165) is 12.1 Å². The van der Waals surface area contributed by atoms with E-state index in [0.29, 0.717) is 5.84 Å². The maximum Gasteiger partial charge on any atom is 0.101 e. The van der Waals surface area contributed by atoms with Crippen LogP contribution in [0.1, 0.15) is 26.3 Å². The first-order chi connectivity index (χ1) is 6.80. The molecule has 0 unspecified atom stereocenters. The Morgan fingerprint density at radius 1 is 1.53 bits per heavy atom. The van der Waals surface area contributed by atoms with E-state index in [1.165, 1.54) is 0 Å². The van der Waals surface area contributed by atoms with Crippen molar-refractivity contribution in [1.82, 2.24) is 14.7 Å². The van der Waals surface area contributed by atoms with Crippen LogP contribution in [0.25, 0.3) is 0 Å². The molecule has 0 aromatic carbocycles. The molecule has 0 saturated heterocycles. The van der Waals surface area contributed by atoms with Gasteiger partial charge in [-0.1, -0.05) is 20.8 Å². The Morgan fingerprint density at radius 3 is 2.53 bits per heavy atom. The van der Waals surface area contributed by atoms with Gasteiger partial charge in [0.1, 0.15) is 5.84 Å². The summed E-state index contributed by atoms with van der Waals surface area (Å²) in [5.41, 5.74) is 1.03. The lowest BCUT2D eigenvalue weighted by Gasteiger charge is -2.28. The number of aryl methyl sites for hydroxylation is 1. The molecule has 0 bridgehead atoms. The summed E-state index contributed by atoms with van der Waals surface area (Å²) >= 11 is 0. The second kappa shape index (κ2) is 4.04. The second-order valence-corrected chi connectivity index (χ2v) is 4.98. The molecule has 0 radical (unpaired) electrons. The average molecular weight is 208 g/mol. The molecule has 0 fully saturated rings. The second-order valence-electron chi connectivity index (χ2n) is 4.98. The van der Waals surface area contributed by atoms with Crippen molar-refractivity contribution in [3.8, 4) is 0 Å². The molecule has 1 rings (SSSR count). The maximum absolute atomic E-state index is 8.00. The number of hydrogen-bond acceptors (Lipinski definition) is 2. The Kier molecular flexibility index (Phi) is 3.17. The summed E-state index contributed by atoms with van der Waals surface area (Å²) in [5, 5.41) is 12.1. The summed E-state index contributed by atoms with van der Waals surface area (Å²) in [6.07, 6.45) is 3.82. The van der Waals surface area contributed by atoms with E-state index in [9.17, 15) is 0 Å². The Hall–Kier alpha value is -1.32. The number of nitrogens with one attached hydrogen (secondary N) is 1. The minimum Gasteiger partial charge on any atom is -0.359 e. The fourth-order valence-corrected chi connectivity index (χ4v) is 1.48. The molecule has 0 amide bonds. The van der Waals surface area contributed by atoms with Gasteiger partial charge in [-0.15, -0.1) is 0 Å². The van der Waals surface area contributed by atoms with Crippen molar-refractivity contribution in [3.63, 3.8) is 0 Å². The highest BCUT2D eigenvalue weighted by Crippen LogP contribution is 2.18. The first-order valence-corrected chi connectivity index (χ1v) is 5.08. The SMILES string of the molecule is CN(Cc1cnn(C)c1)C(=N)C(C)(C)C. The van der Waals surface area contributed by atoms with Crippen molar-refractivity contribution in [2.75, 3.05) is 7.05 Å². The number of rotatable bonds is 2. The molecule has 1 N–H and O–H groups in total. The molecule has 0 aliphatic rings. The molecule has 1 aromatic rings. The van der Waals surface area contributed by atoms with Gasteiger partial charge in [-0.05, 0) is 0 Å². The van der Waals surface area contributed by atoms with Crippen LogP contribution in [0.4, 0.5) is 0 Å². The van der Waals surface area contributed by atoms with E-state index in [-0.39, 0.29) is 5.41 Å². The van der Waals surface area contributed by atoms with Gasteiger partial charge in [0.15, 0.2) is 0 Å². The van der Waals surface area contributed by atoms with Crippen LogP contribution in [-0.4, -0.2) is 27.6 Å². The van der Waals surface area contributed by atoms with Crippen LogP contribution in [0, 0.1) is 10.8 Å². The Bertz CT molecular complexity index is 346. The lowest BCUT2D eigenvalue weighted by atomic mass is 9.94. The molecule has 0 spiro atoms. The molecular formula is C11H20N4. The van der Waals surface area contributed by atoms with E-state index in [4.69, 9.17) is 5.41 Å². The van der Waals surface area contributed by atoms with Gasteiger partial charge in [0.25, 0.3) is 0 Å². The minimum atomic E-state index is -0.100. The predicted octanol–water partition coefficient (Wildman–Crippen LogP) is 1.88. The lowest BCUT2D eigenvalue weighted by Crippen LogP contribution is -2.35. The quantitative estimate of drug-likeness (QED) is 0.595. The monoisotopic (exact) mass is 208 g/mol. The van der Waals surface area contributed by atoms with Crippen LogP contribution in [-0.2, 0) is 13.6 Å². The fourth-order valence-electron chi connectivity index (χ4n) is 1.48. The van der Waals surface area contributed by atoms with Crippen molar-refractivity contribution in [3.05, 3.63) is 18.0 Å². The van der Waals surface area contributed by atoms with Crippen LogP contribution < -0.4 is 0 Å². The molecule has 0 aliphatic heterocycles. The van der Waals surface area contributed by atoms with E-state index in [1.807, 2.05) is 31.4 Å². The van der Waals surface area contributed by atoms with Gasteiger partial charge in [0, 0.05) is 37.8 Å². The Balaban J connectivity index is 2.64. The summed E-state index contributed by atoms with van der Waals surface area (Å²) < 4.78 is 1.78. The number of amidine groups is 1. The van der Waals surface area contributed by atoms with Gasteiger partial charge in [0.2, 0.25) is 0 Å². The molecule has 15 heavy (non-hydrogen) atoms. The highest BCUT2D eigenvalue weighted by Gasteiger charge is 2.20. The summed E-state index contributed by atoms with van der Waals surface area (Å²) in [5.74, 6) is 0.645. The average Bonchev–Trinajstić information content (AvgIpc) is 2.48. The molecular weight excluding hydrogens is 188 g/mol. The third-order valence-corrected chi connectivity index (χ3v) is 2.27. The van der Waals surface area contributed by atoms with Gasteiger partial charge in [0.05, 0.1) is 6.20 Å². The van der Waals surface area contributed by atoms with Crippen molar-refractivity contribution in [2.24, 2.45) is 12.5 Å². The van der Waals surface area contributed by atoms with Crippen LogP contribution in [0.2, 0.25) is 0 Å². The zero-order valence-corrected chi connectivity index (χ0v) is 10.2. The summed E-state index contributed by atoms with van der Waals surface area (Å²) in [6, 6.07) is 0. The van der Waals surface area contributed by atoms with Crippen LogP contribution in [0.15, 0.2) is 12.4 Å². The van der Waals surface area contributed by atoms with Gasteiger partial charge in [-0.3, -0.25) is 10.1 Å². The van der Waals surface area contributed by atoms with Crippen molar-refractivity contribution < 1.29 is 0 Å². The van der Waals surface area contributed by atoms with Crippen molar-refractivity contribution in [1.29, 1.82) is 5.41 Å². The first kappa shape index (κ1) is 11.8. The van der Waals surface area contributed by atoms with E-state index >= 15 is 0 Å². The van der Waals surface area contributed by atoms with Gasteiger partial charge in [-0.2, -0.15) is 5.10 Å². The maximum atomic E-state index is 8.00. The third kappa shape index (κ3) is 3.08. The molecule has 4 heteroatoms. The number of aromatic nitrogens is 2. The zero-order valence-electron chi connectivity index (χ0n) is 10.2.